The van der Waals surface area contributed by atoms with Crippen LogP contribution < -0.4 is 16.5 Å². The molecule has 5 heteroatoms. The summed E-state index contributed by atoms with van der Waals surface area (Å²) in [6.45, 7) is 3.09. The van der Waals surface area contributed by atoms with Crippen molar-refractivity contribution in [3.05, 3.63) is 0 Å². The highest BCUT2D eigenvalue weighted by atomic mass is 16.6. The second-order valence-corrected chi connectivity index (χ2v) is 4.51. The Hall–Kier alpha value is -0.650. The van der Waals surface area contributed by atoms with Gasteiger partial charge in [0.15, 0.2) is 0 Å². The topological polar surface area (TPSA) is 76.4 Å². The van der Waals surface area contributed by atoms with Gasteiger partial charge < -0.3 is 11.1 Å². The van der Waals surface area contributed by atoms with Crippen LogP contribution in [-0.2, 0) is 9.63 Å². The molecule has 0 aromatic rings. The third kappa shape index (κ3) is 6.05. The zero-order valence-corrected chi connectivity index (χ0v) is 10.00. The Bertz CT molecular complexity index is 203. The van der Waals surface area contributed by atoms with Gasteiger partial charge in [-0.2, -0.15) is 5.48 Å². The van der Waals surface area contributed by atoms with Crippen LogP contribution in [0.4, 0.5) is 0 Å². The number of carbonyl (C=O) groups excluding carboxylic acids is 1. The molecule has 1 amide bonds. The average molecular weight is 229 g/mol. The Kier molecular flexibility index (Phi) is 6.37. The highest BCUT2D eigenvalue weighted by Gasteiger charge is 2.14. The van der Waals surface area contributed by atoms with Crippen LogP contribution in [0.15, 0.2) is 0 Å². The van der Waals surface area contributed by atoms with Crippen LogP contribution in [-0.4, -0.2) is 31.1 Å². The normalized spacial score (nSPS) is 23.7. The van der Waals surface area contributed by atoms with Crippen LogP contribution in [0.5, 0.6) is 0 Å². The van der Waals surface area contributed by atoms with Gasteiger partial charge in [0.1, 0.15) is 6.61 Å². The van der Waals surface area contributed by atoms with E-state index in [9.17, 15) is 4.79 Å². The summed E-state index contributed by atoms with van der Waals surface area (Å²) >= 11 is 0. The summed E-state index contributed by atoms with van der Waals surface area (Å²) in [7, 11) is 0. The smallest absolute Gasteiger partial charge is 0.245 e. The van der Waals surface area contributed by atoms with E-state index in [0.717, 1.165) is 13.0 Å². The number of hydrogen-bond acceptors (Lipinski definition) is 4. The lowest BCUT2D eigenvalue weighted by molar-refractivity contribution is -0.126. The molecule has 16 heavy (non-hydrogen) atoms. The number of primary amides is 1. The van der Waals surface area contributed by atoms with Gasteiger partial charge in [0.2, 0.25) is 5.91 Å². The van der Waals surface area contributed by atoms with Crippen LogP contribution in [0, 0.1) is 0 Å². The van der Waals surface area contributed by atoms with Crippen molar-refractivity contribution in [1.82, 2.24) is 10.8 Å². The molecule has 5 nitrogen and oxygen atoms in total. The SMILES string of the molecule is CC(CC1CCCCCN1)NOCC(N)=O. The average Bonchev–Trinajstić information content (AvgIpc) is 2.45. The fourth-order valence-corrected chi connectivity index (χ4v) is 2.03. The lowest BCUT2D eigenvalue weighted by Crippen LogP contribution is -2.38. The van der Waals surface area contributed by atoms with Crippen molar-refractivity contribution in [2.24, 2.45) is 5.73 Å². The molecule has 0 saturated carbocycles. The standard InChI is InChI=1S/C11H23N3O2/c1-9(14-16-8-11(12)15)7-10-5-3-2-4-6-13-10/h9-10,13-14H,2-8H2,1H3,(H2,12,15). The zero-order valence-electron chi connectivity index (χ0n) is 10.00. The maximum Gasteiger partial charge on any atom is 0.245 e. The third-order valence-corrected chi connectivity index (χ3v) is 2.80. The van der Waals surface area contributed by atoms with Crippen molar-refractivity contribution in [3.8, 4) is 0 Å². The van der Waals surface area contributed by atoms with Gasteiger partial charge in [0.25, 0.3) is 0 Å². The Morgan fingerprint density at radius 2 is 2.38 bits per heavy atom. The number of rotatable bonds is 6. The summed E-state index contributed by atoms with van der Waals surface area (Å²) in [4.78, 5) is 15.4. The predicted molar refractivity (Wildman–Crippen MR) is 62.6 cm³/mol. The minimum atomic E-state index is -0.452. The number of amides is 1. The molecule has 0 bridgehead atoms. The minimum absolute atomic E-state index is 0.0670. The van der Waals surface area contributed by atoms with Gasteiger partial charge in [-0.1, -0.05) is 12.8 Å². The summed E-state index contributed by atoms with van der Waals surface area (Å²) in [5.74, 6) is -0.452. The Morgan fingerprint density at radius 1 is 1.56 bits per heavy atom. The molecule has 0 spiro atoms. The van der Waals surface area contributed by atoms with Gasteiger partial charge in [-0.3, -0.25) is 9.63 Å². The van der Waals surface area contributed by atoms with E-state index in [0.29, 0.717) is 6.04 Å². The molecule has 1 rings (SSSR count). The van der Waals surface area contributed by atoms with Crippen molar-refractivity contribution < 1.29 is 9.63 Å². The van der Waals surface area contributed by atoms with E-state index in [4.69, 9.17) is 10.6 Å². The lowest BCUT2D eigenvalue weighted by atomic mass is 10.0. The highest BCUT2D eigenvalue weighted by molar-refractivity contribution is 5.74. The molecule has 4 N–H and O–H groups in total. The van der Waals surface area contributed by atoms with E-state index < -0.39 is 5.91 Å². The molecule has 0 aliphatic carbocycles. The highest BCUT2D eigenvalue weighted by Crippen LogP contribution is 2.12. The van der Waals surface area contributed by atoms with E-state index in [1.165, 1.54) is 25.7 Å². The molecule has 1 saturated heterocycles. The van der Waals surface area contributed by atoms with Crippen LogP contribution in [0.25, 0.3) is 0 Å². The molecule has 2 atom stereocenters. The van der Waals surface area contributed by atoms with E-state index in [2.05, 4.69) is 10.8 Å². The van der Waals surface area contributed by atoms with Gasteiger partial charge >= 0.3 is 0 Å². The lowest BCUT2D eigenvalue weighted by Gasteiger charge is -2.20. The third-order valence-electron chi connectivity index (χ3n) is 2.80. The zero-order chi connectivity index (χ0) is 11.8. The molecular formula is C11H23N3O2. The number of hydrogen-bond donors (Lipinski definition) is 3. The number of nitrogens with two attached hydrogens (primary N) is 1. The van der Waals surface area contributed by atoms with E-state index >= 15 is 0 Å². The van der Waals surface area contributed by atoms with Crippen molar-refractivity contribution in [1.29, 1.82) is 0 Å². The Morgan fingerprint density at radius 3 is 3.12 bits per heavy atom. The summed E-state index contributed by atoms with van der Waals surface area (Å²) in [5, 5.41) is 3.52. The summed E-state index contributed by atoms with van der Waals surface area (Å²) in [5.41, 5.74) is 7.81. The molecule has 1 fully saturated rings. The van der Waals surface area contributed by atoms with Crippen LogP contribution in [0.2, 0.25) is 0 Å². The molecule has 1 heterocycles. The molecule has 0 radical (unpaired) electrons. The fourth-order valence-electron chi connectivity index (χ4n) is 2.03. The Labute approximate surface area is 97.1 Å². The first-order valence-corrected chi connectivity index (χ1v) is 6.07. The number of hydroxylamine groups is 1. The first-order chi connectivity index (χ1) is 7.68. The van der Waals surface area contributed by atoms with Crippen molar-refractivity contribution >= 4 is 5.91 Å². The van der Waals surface area contributed by atoms with E-state index in [1.54, 1.807) is 0 Å². The van der Waals surface area contributed by atoms with Gasteiger partial charge in [0.05, 0.1) is 0 Å². The monoisotopic (exact) mass is 229 g/mol. The van der Waals surface area contributed by atoms with Crippen molar-refractivity contribution in [3.63, 3.8) is 0 Å². The molecule has 0 aromatic heterocycles. The largest absolute Gasteiger partial charge is 0.368 e. The Balaban J connectivity index is 2.11. The fraction of sp³-hybridized carbons (Fsp3) is 0.909. The number of nitrogens with one attached hydrogen (secondary N) is 2. The first-order valence-electron chi connectivity index (χ1n) is 6.07. The summed E-state index contributed by atoms with van der Waals surface area (Å²) < 4.78 is 0. The molecular weight excluding hydrogens is 206 g/mol. The molecule has 94 valence electrons. The second kappa shape index (κ2) is 7.60. The van der Waals surface area contributed by atoms with E-state index in [-0.39, 0.29) is 12.6 Å². The van der Waals surface area contributed by atoms with Crippen LogP contribution in [0.3, 0.4) is 0 Å². The molecule has 2 unspecified atom stereocenters. The first kappa shape index (κ1) is 13.4. The predicted octanol–water partition coefficient (Wildman–Crippen LogP) is 0.304. The van der Waals surface area contributed by atoms with Gasteiger partial charge in [-0.05, 0) is 32.7 Å². The summed E-state index contributed by atoms with van der Waals surface area (Å²) in [6.07, 6.45) is 6.13. The van der Waals surface area contributed by atoms with Crippen LogP contribution in [0.1, 0.15) is 39.0 Å². The van der Waals surface area contributed by atoms with Crippen molar-refractivity contribution in [2.75, 3.05) is 13.2 Å². The maximum absolute atomic E-state index is 10.5. The number of carbonyl (C=O) groups is 1. The van der Waals surface area contributed by atoms with Crippen molar-refractivity contribution in [2.45, 2.75) is 51.1 Å². The van der Waals surface area contributed by atoms with Gasteiger partial charge in [-0.15, -0.1) is 0 Å². The molecule has 0 aromatic carbocycles. The molecule has 1 aliphatic rings. The quantitative estimate of drug-likeness (QED) is 0.573. The molecule has 1 aliphatic heterocycles. The van der Waals surface area contributed by atoms with Gasteiger partial charge in [0, 0.05) is 12.1 Å². The maximum atomic E-state index is 10.5. The van der Waals surface area contributed by atoms with Gasteiger partial charge in [-0.25, -0.2) is 0 Å². The summed E-state index contributed by atoms with van der Waals surface area (Å²) in [6, 6.07) is 0.789. The second-order valence-electron chi connectivity index (χ2n) is 4.51. The minimum Gasteiger partial charge on any atom is -0.368 e. The van der Waals surface area contributed by atoms with E-state index in [1.807, 2.05) is 6.92 Å². The van der Waals surface area contributed by atoms with Crippen LogP contribution >= 0.6 is 0 Å².